The van der Waals surface area contributed by atoms with Crippen LogP contribution >= 0.6 is 0 Å². The van der Waals surface area contributed by atoms with Crippen molar-refractivity contribution in [3.63, 3.8) is 0 Å². The van der Waals surface area contributed by atoms with Crippen LogP contribution in [0.15, 0.2) is 24.4 Å². The maximum Gasteiger partial charge on any atom is 0.337 e. The second-order valence-electron chi connectivity index (χ2n) is 4.59. The molecule has 0 aliphatic heterocycles. The summed E-state index contributed by atoms with van der Waals surface area (Å²) in [5.74, 6) is -0.636. The van der Waals surface area contributed by atoms with E-state index >= 15 is 0 Å². The molecule has 0 rings (SSSR count). The van der Waals surface area contributed by atoms with Crippen molar-refractivity contribution in [2.24, 2.45) is 0 Å². The first kappa shape index (κ1) is 18.4. The summed E-state index contributed by atoms with van der Waals surface area (Å²) in [6.45, 7) is 5.57. The van der Waals surface area contributed by atoms with Crippen LogP contribution < -0.4 is 0 Å². The van der Waals surface area contributed by atoms with Crippen LogP contribution in [0.25, 0.3) is 0 Å². The van der Waals surface area contributed by atoms with Crippen molar-refractivity contribution in [2.45, 2.75) is 58.3 Å². The van der Waals surface area contributed by atoms with Crippen molar-refractivity contribution in [2.75, 3.05) is 6.61 Å². The molecule has 5 heteroatoms. The van der Waals surface area contributed by atoms with Gasteiger partial charge in [0, 0.05) is 6.42 Å². The van der Waals surface area contributed by atoms with Gasteiger partial charge in [-0.15, -0.1) is 6.58 Å². The van der Waals surface area contributed by atoms with Gasteiger partial charge in [-0.25, -0.2) is 4.79 Å². The number of rotatable bonds is 12. The van der Waals surface area contributed by atoms with Gasteiger partial charge in [-0.2, -0.15) is 0 Å². The van der Waals surface area contributed by atoms with E-state index in [1.165, 1.54) is 6.42 Å². The molecule has 0 heterocycles. The van der Waals surface area contributed by atoms with E-state index in [-0.39, 0.29) is 12.3 Å². The lowest BCUT2D eigenvalue weighted by molar-refractivity contribution is -0.428. The molecule has 20 heavy (non-hydrogen) atoms. The van der Waals surface area contributed by atoms with Gasteiger partial charge in [0.15, 0.2) is 0 Å². The summed E-state index contributed by atoms with van der Waals surface area (Å²) in [7, 11) is 0. The number of ether oxygens (including phenoxy) is 1. The van der Waals surface area contributed by atoms with E-state index < -0.39 is 10.9 Å². The van der Waals surface area contributed by atoms with E-state index in [0.29, 0.717) is 6.42 Å². The minimum atomic E-state index is -0.636. The summed E-state index contributed by atoms with van der Waals surface area (Å²) in [6.07, 6.45) is 10.5. The SMILES string of the molecule is C=CCCCCCCCC/C(=C\C(=O)OCC)[N+](=O)[O-]. The molecule has 0 saturated carbocycles. The monoisotopic (exact) mass is 283 g/mol. The van der Waals surface area contributed by atoms with Crippen LogP contribution in [0.1, 0.15) is 58.3 Å². The van der Waals surface area contributed by atoms with Gasteiger partial charge in [0.1, 0.15) is 0 Å². The summed E-state index contributed by atoms with van der Waals surface area (Å²) in [4.78, 5) is 21.5. The minimum absolute atomic E-state index is 0.0601. The maximum absolute atomic E-state index is 11.2. The Balaban J connectivity index is 3.85. The number of nitrogens with zero attached hydrogens (tertiary/aromatic N) is 1. The summed E-state index contributed by atoms with van der Waals surface area (Å²) >= 11 is 0. The average Bonchev–Trinajstić information content (AvgIpc) is 2.40. The lowest BCUT2D eigenvalue weighted by atomic mass is 10.1. The smallest absolute Gasteiger partial charge is 0.337 e. The highest BCUT2D eigenvalue weighted by atomic mass is 16.6. The normalized spacial score (nSPS) is 11.2. The Hall–Kier alpha value is -1.65. The first-order valence-electron chi connectivity index (χ1n) is 7.24. The van der Waals surface area contributed by atoms with Crippen molar-refractivity contribution in [1.82, 2.24) is 0 Å². The highest BCUT2D eigenvalue weighted by Gasteiger charge is 2.13. The van der Waals surface area contributed by atoms with Crippen LogP contribution in [0.4, 0.5) is 0 Å². The number of hydrogen-bond donors (Lipinski definition) is 0. The summed E-state index contributed by atoms with van der Waals surface area (Å²) in [5.41, 5.74) is -0.0601. The zero-order valence-electron chi connectivity index (χ0n) is 12.3. The number of esters is 1. The lowest BCUT2D eigenvalue weighted by Gasteiger charge is -2.01. The minimum Gasteiger partial charge on any atom is -0.463 e. The summed E-state index contributed by atoms with van der Waals surface area (Å²) in [5, 5.41) is 10.8. The van der Waals surface area contributed by atoms with E-state index in [4.69, 9.17) is 0 Å². The summed E-state index contributed by atoms with van der Waals surface area (Å²) in [6, 6.07) is 0. The molecule has 0 saturated heterocycles. The topological polar surface area (TPSA) is 69.4 Å². The van der Waals surface area contributed by atoms with E-state index in [9.17, 15) is 14.9 Å². The number of allylic oxidation sites excluding steroid dienone is 2. The van der Waals surface area contributed by atoms with Crippen molar-refractivity contribution in [1.29, 1.82) is 0 Å². The number of carbonyl (C=O) groups is 1. The van der Waals surface area contributed by atoms with Gasteiger partial charge in [0.05, 0.1) is 17.6 Å². The second-order valence-corrected chi connectivity index (χ2v) is 4.59. The zero-order chi connectivity index (χ0) is 15.2. The third-order valence-corrected chi connectivity index (χ3v) is 2.90. The fourth-order valence-electron chi connectivity index (χ4n) is 1.84. The Morgan fingerprint density at radius 3 is 2.35 bits per heavy atom. The van der Waals surface area contributed by atoms with Crippen LogP contribution in [-0.4, -0.2) is 17.5 Å². The Morgan fingerprint density at radius 1 is 1.20 bits per heavy atom. The van der Waals surface area contributed by atoms with Crippen LogP contribution in [0, 0.1) is 10.1 Å². The van der Waals surface area contributed by atoms with Gasteiger partial charge < -0.3 is 4.74 Å². The van der Waals surface area contributed by atoms with Crippen molar-refractivity contribution in [3.05, 3.63) is 34.5 Å². The van der Waals surface area contributed by atoms with Crippen molar-refractivity contribution >= 4 is 5.97 Å². The Kier molecular flexibility index (Phi) is 11.4. The fourth-order valence-corrected chi connectivity index (χ4v) is 1.84. The average molecular weight is 283 g/mol. The van der Waals surface area contributed by atoms with E-state index in [1.807, 2.05) is 6.08 Å². The van der Waals surface area contributed by atoms with E-state index in [0.717, 1.165) is 44.6 Å². The van der Waals surface area contributed by atoms with E-state index in [1.54, 1.807) is 6.92 Å². The molecule has 0 fully saturated rings. The first-order valence-corrected chi connectivity index (χ1v) is 7.24. The predicted molar refractivity (Wildman–Crippen MR) is 78.8 cm³/mol. The van der Waals surface area contributed by atoms with Crippen LogP contribution in [0.2, 0.25) is 0 Å². The van der Waals surface area contributed by atoms with Gasteiger partial charge in [0.25, 0.3) is 5.70 Å². The molecule has 0 atom stereocenters. The Labute approximate surface area is 120 Å². The van der Waals surface area contributed by atoms with Crippen LogP contribution in [0.3, 0.4) is 0 Å². The molecular weight excluding hydrogens is 258 g/mol. The third-order valence-electron chi connectivity index (χ3n) is 2.90. The van der Waals surface area contributed by atoms with Crippen LogP contribution in [-0.2, 0) is 9.53 Å². The molecular formula is C15H25NO4. The van der Waals surface area contributed by atoms with Gasteiger partial charge >= 0.3 is 5.97 Å². The third kappa shape index (κ3) is 10.3. The van der Waals surface area contributed by atoms with Crippen molar-refractivity contribution < 1.29 is 14.5 Å². The molecule has 0 aromatic heterocycles. The molecule has 0 aromatic rings. The van der Waals surface area contributed by atoms with Gasteiger partial charge in [0.2, 0.25) is 0 Å². The first-order chi connectivity index (χ1) is 9.61. The molecule has 0 amide bonds. The largest absolute Gasteiger partial charge is 0.463 e. The highest BCUT2D eigenvalue weighted by Crippen LogP contribution is 2.13. The molecule has 0 radical (unpaired) electrons. The molecule has 5 nitrogen and oxygen atoms in total. The zero-order valence-corrected chi connectivity index (χ0v) is 12.3. The molecule has 0 aliphatic carbocycles. The Morgan fingerprint density at radius 2 is 1.80 bits per heavy atom. The molecule has 0 spiro atoms. The van der Waals surface area contributed by atoms with Crippen molar-refractivity contribution in [3.8, 4) is 0 Å². The standard InChI is InChI=1S/C15H25NO4/c1-3-5-6-7-8-9-10-11-12-14(16(18)19)13-15(17)20-4-2/h3,13H,1,4-12H2,2H3/b14-13+. The molecule has 0 aliphatic rings. The molecule has 0 bridgehead atoms. The second kappa shape index (κ2) is 12.4. The quantitative estimate of drug-likeness (QED) is 0.135. The highest BCUT2D eigenvalue weighted by molar-refractivity contribution is 5.82. The van der Waals surface area contributed by atoms with Gasteiger partial charge in [-0.3, -0.25) is 10.1 Å². The molecule has 0 aromatic carbocycles. The lowest BCUT2D eigenvalue weighted by Crippen LogP contribution is -2.06. The maximum atomic E-state index is 11.2. The fraction of sp³-hybridized carbons (Fsp3) is 0.667. The number of unbranched alkanes of at least 4 members (excludes halogenated alkanes) is 6. The van der Waals surface area contributed by atoms with E-state index in [2.05, 4.69) is 11.3 Å². The number of nitro groups is 1. The van der Waals surface area contributed by atoms with Gasteiger partial charge in [-0.05, 0) is 26.2 Å². The summed E-state index contributed by atoms with van der Waals surface area (Å²) < 4.78 is 4.68. The number of carbonyl (C=O) groups excluding carboxylic acids is 1. The molecule has 114 valence electrons. The molecule has 0 N–H and O–H groups in total. The predicted octanol–water partition coefficient (Wildman–Crippen LogP) is 4.02. The Bertz CT molecular complexity index is 337. The number of hydrogen-bond acceptors (Lipinski definition) is 4. The molecule has 0 unspecified atom stereocenters. The van der Waals surface area contributed by atoms with Crippen LogP contribution in [0.5, 0.6) is 0 Å². The van der Waals surface area contributed by atoms with Gasteiger partial charge in [-0.1, -0.05) is 31.8 Å².